The molecule has 1 rings (SSSR count). The molecule has 4 heteroatoms. The minimum Gasteiger partial charge on any atom is -0.313 e. The second-order valence-electron chi connectivity index (χ2n) is 5.12. The molecule has 1 heterocycles. The van der Waals surface area contributed by atoms with Crippen molar-refractivity contribution in [3.8, 4) is 0 Å². The van der Waals surface area contributed by atoms with Crippen LogP contribution in [-0.4, -0.2) is 34.9 Å². The third kappa shape index (κ3) is 3.03. The number of carbonyl (C=O) groups excluding carboxylic acids is 1. The third-order valence-electron chi connectivity index (χ3n) is 3.17. The van der Waals surface area contributed by atoms with E-state index in [0.29, 0.717) is 6.54 Å². The summed E-state index contributed by atoms with van der Waals surface area (Å²) < 4.78 is 1.59. The topological polar surface area (TPSA) is 42.3 Å². The Labute approximate surface area is 102 Å². The monoisotopic (exact) mass is 236 g/mol. The van der Waals surface area contributed by atoms with E-state index in [0.717, 1.165) is 0 Å². The number of Topliss-reactive ketones (excluding diaryl/α,β-unsaturated/α-hetero) is 1. The molecule has 1 aromatic rings. The molecule has 0 aliphatic rings. The van der Waals surface area contributed by atoms with Crippen LogP contribution >= 0.6 is 0 Å². The smallest absolute Gasteiger partial charge is 0.261 e. The summed E-state index contributed by atoms with van der Waals surface area (Å²) in [5.41, 5.74) is -0.101. The standard InChI is InChI=1S/C13H20N2O2/c1-10(16)11-7-6-8-15(12(11)17)9-13(2,3)14(4)5/h6-8H,9H2,1-5H3. The number of likely N-dealkylation sites (N-methyl/N-ethyl adjacent to an activating group) is 1. The van der Waals surface area contributed by atoms with E-state index < -0.39 is 0 Å². The third-order valence-corrected chi connectivity index (χ3v) is 3.17. The van der Waals surface area contributed by atoms with Gasteiger partial charge in [0.15, 0.2) is 5.78 Å². The Kier molecular flexibility index (Phi) is 3.88. The Morgan fingerprint density at radius 2 is 2.00 bits per heavy atom. The van der Waals surface area contributed by atoms with Crippen molar-refractivity contribution in [2.75, 3.05) is 14.1 Å². The number of rotatable bonds is 4. The second-order valence-corrected chi connectivity index (χ2v) is 5.12. The highest BCUT2D eigenvalue weighted by molar-refractivity contribution is 5.93. The predicted octanol–water partition coefficient (Wildman–Crippen LogP) is 1.39. The molecule has 0 amide bonds. The summed E-state index contributed by atoms with van der Waals surface area (Å²) in [4.78, 5) is 25.4. The van der Waals surface area contributed by atoms with Gasteiger partial charge >= 0.3 is 0 Å². The molecule has 0 saturated carbocycles. The molecule has 0 unspecified atom stereocenters. The van der Waals surface area contributed by atoms with Gasteiger partial charge in [-0.3, -0.25) is 9.59 Å². The first-order chi connectivity index (χ1) is 7.75. The van der Waals surface area contributed by atoms with E-state index in [4.69, 9.17) is 0 Å². The maximum absolute atomic E-state index is 12.0. The van der Waals surface area contributed by atoms with Gasteiger partial charge in [-0.15, -0.1) is 0 Å². The highest BCUT2D eigenvalue weighted by Gasteiger charge is 2.22. The van der Waals surface area contributed by atoms with Crippen LogP contribution in [0.25, 0.3) is 0 Å². The predicted molar refractivity (Wildman–Crippen MR) is 68.5 cm³/mol. The number of hydrogen-bond donors (Lipinski definition) is 0. The van der Waals surface area contributed by atoms with Gasteiger partial charge in [0.05, 0.1) is 5.56 Å². The number of hydrogen-bond acceptors (Lipinski definition) is 3. The summed E-state index contributed by atoms with van der Waals surface area (Å²) in [6.07, 6.45) is 1.72. The fourth-order valence-electron chi connectivity index (χ4n) is 1.49. The zero-order valence-corrected chi connectivity index (χ0v) is 11.2. The SMILES string of the molecule is CC(=O)c1cccn(CC(C)(C)N(C)C)c1=O. The lowest BCUT2D eigenvalue weighted by molar-refractivity contribution is 0.101. The molecular weight excluding hydrogens is 216 g/mol. The number of carbonyl (C=O) groups is 1. The van der Waals surface area contributed by atoms with Crippen molar-refractivity contribution in [3.63, 3.8) is 0 Å². The van der Waals surface area contributed by atoms with Gasteiger partial charge in [0.25, 0.3) is 5.56 Å². The second kappa shape index (κ2) is 4.84. The first-order valence-electron chi connectivity index (χ1n) is 5.63. The zero-order chi connectivity index (χ0) is 13.2. The van der Waals surface area contributed by atoms with Crippen molar-refractivity contribution in [1.29, 1.82) is 0 Å². The molecule has 17 heavy (non-hydrogen) atoms. The van der Waals surface area contributed by atoms with E-state index >= 15 is 0 Å². The van der Waals surface area contributed by atoms with Gasteiger partial charge in [0, 0.05) is 18.3 Å². The normalized spacial score (nSPS) is 11.9. The fraction of sp³-hybridized carbons (Fsp3) is 0.538. The summed E-state index contributed by atoms with van der Waals surface area (Å²) in [5, 5.41) is 0. The van der Waals surface area contributed by atoms with Gasteiger partial charge in [-0.25, -0.2) is 0 Å². The zero-order valence-electron chi connectivity index (χ0n) is 11.2. The summed E-state index contributed by atoms with van der Waals surface area (Å²) in [5.74, 6) is -0.188. The molecule has 0 saturated heterocycles. The minimum atomic E-state index is -0.213. The van der Waals surface area contributed by atoms with Crippen molar-refractivity contribution in [1.82, 2.24) is 9.47 Å². The highest BCUT2D eigenvalue weighted by atomic mass is 16.1. The van der Waals surface area contributed by atoms with Gasteiger partial charge in [0.2, 0.25) is 0 Å². The molecule has 0 aliphatic carbocycles. The van der Waals surface area contributed by atoms with Crippen LogP contribution in [0.4, 0.5) is 0 Å². The lowest BCUT2D eigenvalue weighted by Gasteiger charge is -2.33. The van der Waals surface area contributed by atoms with Crippen LogP contribution in [0.15, 0.2) is 23.1 Å². The average Bonchev–Trinajstić information content (AvgIpc) is 2.20. The van der Waals surface area contributed by atoms with Crippen molar-refractivity contribution in [3.05, 3.63) is 34.2 Å². The van der Waals surface area contributed by atoms with Crippen LogP contribution in [0, 0.1) is 0 Å². The van der Waals surface area contributed by atoms with Crippen LogP contribution in [-0.2, 0) is 6.54 Å². The Bertz CT molecular complexity index is 473. The van der Waals surface area contributed by atoms with Gasteiger partial charge in [-0.05, 0) is 47.0 Å². The first-order valence-corrected chi connectivity index (χ1v) is 5.63. The highest BCUT2D eigenvalue weighted by Crippen LogP contribution is 2.12. The van der Waals surface area contributed by atoms with Crippen LogP contribution in [0.5, 0.6) is 0 Å². The van der Waals surface area contributed by atoms with Gasteiger partial charge in [-0.1, -0.05) is 0 Å². The van der Waals surface area contributed by atoms with Gasteiger partial charge < -0.3 is 9.47 Å². The summed E-state index contributed by atoms with van der Waals surface area (Å²) in [6, 6.07) is 3.31. The fourth-order valence-corrected chi connectivity index (χ4v) is 1.49. The van der Waals surface area contributed by atoms with Crippen LogP contribution < -0.4 is 5.56 Å². The summed E-state index contributed by atoms with van der Waals surface area (Å²) in [6.45, 7) is 6.08. The minimum absolute atomic E-state index is 0.140. The lowest BCUT2D eigenvalue weighted by atomic mass is 10.0. The number of aromatic nitrogens is 1. The van der Waals surface area contributed by atoms with E-state index in [1.807, 2.05) is 14.1 Å². The number of ketones is 1. The number of pyridine rings is 1. The Balaban J connectivity index is 3.13. The van der Waals surface area contributed by atoms with E-state index in [1.54, 1.807) is 22.9 Å². The van der Waals surface area contributed by atoms with Crippen LogP contribution in [0.3, 0.4) is 0 Å². The lowest BCUT2D eigenvalue weighted by Crippen LogP contribution is -2.44. The molecule has 0 radical (unpaired) electrons. The van der Waals surface area contributed by atoms with E-state index in [-0.39, 0.29) is 22.4 Å². The largest absolute Gasteiger partial charge is 0.313 e. The van der Waals surface area contributed by atoms with Crippen molar-refractivity contribution in [2.45, 2.75) is 32.9 Å². The maximum atomic E-state index is 12.0. The number of nitrogens with zero attached hydrogens (tertiary/aromatic N) is 2. The Morgan fingerprint density at radius 1 is 1.41 bits per heavy atom. The molecular formula is C13H20N2O2. The molecule has 0 atom stereocenters. The quantitative estimate of drug-likeness (QED) is 0.742. The molecule has 0 aliphatic heterocycles. The molecule has 1 aromatic heterocycles. The summed E-state index contributed by atoms with van der Waals surface area (Å²) >= 11 is 0. The van der Waals surface area contributed by atoms with Crippen LogP contribution in [0.2, 0.25) is 0 Å². The summed E-state index contributed by atoms with van der Waals surface area (Å²) in [7, 11) is 3.94. The molecule has 0 N–H and O–H groups in total. The van der Waals surface area contributed by atoms with E-state index in [2.05, 4.69) is 18.7 Å². The van der Waals surface area contributed by atoms with Gasteiger partial charge in [-0.2, -0.15) is 0 Å². The van der Waals surface area contributed by atoms with Crippen LogP contribution in [0.1, 0.15) is 31.1 Å². The molecule has 94 valence electrons. The first kappa shape index (κ1) is 13.6. The van der Waals surface area contributed by atoms with E-state index in [9.17, 15) is 9.59 Å². The van der Waals surface area contributed by atoms with Crippen molar-refractivity contribution in [2.24, 2.45) is 0 Å². The Morgan fingerprint density at radius 3 is 2.47 bits per heavy atom. The molecule has 4 nitrogen and oxygen atoms in total. The molecule has 0 spiro atoms. The average molecular weight is 236 g/mol. The van der Waals surface area contributed by atoms with Crippen molar-refractivity contribution >= 4 is 5.78 Å². The molecule has 0 bridgehead atoms. The Hall–Kier alpha value is -1.42. The molecule has 0 aromatic carbocycles. The maximum Gasteiger partial charge on any atom is 0.261 e. The van der Waals surface area contributed by atoms with E-state index in [1.165, 1.54) is 6.92 Å². The molecule has 0 fully saturated rings. The van der Waals surface area contributed by atoms with Gasteiger partial charge in [0.1, 0.15) is 0 Å². The van der Waals surface area contributed by atoms with Crippen molar-refractivity contribution < 1.29 is 4.79 Å².